The summed E-state index contributed by atoms with van der Waals surface area (Å²) in [5.41, 5.74) is 0.998. The van der Waals surface area contributed by atoms with Crippen LogP contribution in [-0.4, -0.2) is 51.1 Å². The second kappa shape index (κ2) is 6.09. The molecule has 1 aliphatic heterocycles. The van der Waals surface area contributed by atoms with Crippen molar-refractivity contribution >= 4 is 17.3 Å². The number of carbonyl (C=O) groups excluding carboxylic acids is 1. The van der Waals surface area contributed by atoms with Crippen LogP contribution in [0.2, 0.25) is 0 Å². The van der Waals surface area contributed by atoms with E-state index in [0.717, 1.165) is 26.2 Å². The summed E-state index contributed by atoms with van der Waals surface area (Å²) in [5, 5.41) is 2.67. The van der Waals surface area contributed by atoms with E-state index in [1.807, 2.05) is 11.9 Å². The number of anilines is 2. The van der Waals surface area contributed by atoms with Gasteiger partial charge in [-0.15, -0.1) is 0 Å². The summed E-state index contributed by atoms with van der Waals surface area (Å²) in [6.45, 7) is 4.72. The third-order valence-corrected chi connectivity index (χ3v) is 3.42. The second-order valence-corrected chi connectivity index (χ2v) is 4.98. The highest BCUT2D eigenvalue weighted by Gasteiger charge is 2.20. The molecule has 110 valence electrons. The number of nitrogens with zero attached hydrogens (tertiary/aromatic N) is 2. The van der Waals surface area contributed by atoms with Gasteiger partial charge in [-0.25, -0.2) is 4.39 Å². The summed E-state index contributed by atoms with van der Waals surface area (Å²) in [6, 6.07) is 2.96. The largest absolute Gasteiger partial charge is 0.494 e. The highest BCUT2D eigenvalue weighted by atomic mass is 19.1. The van der Waals surface area contributed by atoms with Crippen molar-refractivity contribution in [2.75, 3.05) is 50.6 Å². The summed E-state index contributed by atoms with van der Waals surface area (Å²) in [4.78, 5) is 15.4. The molecule has 1 aliphatic rings. The Bertz CT molecular complexity index is 499. The number of ether oxygens (including phenoxy) is 1. The van der Waals surface area contributed by atoms with Gasteiger partial charge >= 0.3 is 0 Å². The van der Waals surface area contributed by atoms with Crippen molar-refractivity contribution in [3.8, 4) is 5.75 Å². The van der Waals surface area contributed by atoms with Crippen molar-refractivity contribution in [3.63, 3.8) is 0 Å². The topological polar surface area (TPSA) is 44.8 Å². The number of halogens is 1. The van der Waals surface area contributed by atoms with E-state index >= 15 is 0 Å². The summed E-state index contributed by atoms with van der Waals surface area (Å²) in [5.74, 6) is -0.213. The van der Waals surface area contributed by atoms with E-state index in [1.165, 1.54) is 20.1 Å². The number of rotatable bonds is 3. The normalized spacial score (nSPS) is 16.1. The zero-order valence-electron chi connectivity index (χ0n) is 12.1. The number of likely N-dealkylation sites (N-methyl/N-ethyl adjacent to an activating group) is 1. The molecule has 1 N–H and O–H groups in total. The number of amides is 1. The van der Waals surface area contributed by atoms with E-state index in [4.69, 9.17) is 4.74 Å². The average molecular weight is 281 g/mol. The first-order chi connectivity index (χ1) is 9.51. The number of hydrogen-bond donors (Lipinski definition) is 1. The summed E-state index contributed by atoms with van der Waals surface area (Å²) < 4.78 is 19.3. The van der Waals surface area contributed by atoms with Crippen molar-refractivity contribution in [1.82, 2.24) is 4.90 Å². The highest BCUT2D eigenvalue weighted by Crippen LogP contribution is 2.33. The van der Waals surface area contributed by atoms with Gasteiger partial charge < -0.3 is 19.9 Å². The monoisotopic (exact) mass is 281 g/mol. The molecule has 0 saturated carbocycles. The van der Waals surface area contributed by atoms with Crippen molar-refractivity contribution in [3.05, 3.63) is 17.9 Å². The van der Waals surface area contributed by atoms with Gasteiger partial charge in [0.1, 0.15) is 11.6 Å². The standard InChI is InChI=1S/C14H20FN3O2/c1-10(19)16-12-9-13(11(15)8-14(12)20-3)18-6-4-17(2)5-7-18/h8-9H,4-7H2,1-3H3,(H,16,19). The number of hydrogen-bond acceptors (Lipinski definition) is 4. The van der Waals surface area contributed by atoms with Gasteiger partial charge in [0, 0.05) is 39.2 Å². The van der Waals surface area contributed by atoms with Crippen molar-refractivity contribution in [2.45, 2.75) is 6.92 Å². The predicted octanol–water partition coefficient (Wildman–Crippen LogP) is 1.54. The fraction of sp³-hybridized carbons (Fsp3) is 0.500. The molecule has 1 heterocycles. The predicted molar refractivity (Wildman–Crippen MR) is 77.0 cm³/mol. The quantitative estimate of drug-likeness (QED) is 0.913. The summed E-state index contributed by atoms with van der Waals surface area (Å²) in [6.07, 6.45) is 0. The zero-order valence-corrected chi connectivity index (χ0v) is 12.1. The third kappa shape index (κ3) is 3.19. The third-order valence-electron chi connectivity index (χ3n) is 3.42. The SMILES string of the molecule is COc1cc(F)c(N2CCN(C)CC2)cc1NC(C)=O. The first-order valence-electron chi connectivity index (χ1n) is 6.60. The molecule has 5 nitrogen and oxygen atoms in total. The van der Waals surface area contributed by atoms with Gasteiger partial charge in [0.25, 0.3) is 0 Å². The van der Waals surface area contributed by atoms with Gasteiger partial charge in [0.05, 0.1) is 18.5 Å². The van der Waals surface area contributed by atoms with Gasteiger partial charge in [-0.1, -0.05) is 0 Å². The fourth-order valence-corrected chi connectivity index (χ4v) is 2.29. The van der Waals surface area contributed by atoms with Crippen LogP contribution >= 0.6 is 0 Å². The number of piperazine rings is 1. The van der Waals surface area contributed by atoms with E-state index in [-0.39, 0.29) is 11.7 Å². The van der Waals surface area contributed by atoms with Crippen LogP contribution in [0.15, 0.2) is 12.1 Å². The molecule has 0 bridgehead atoms. The average Bonchev–Trinajstić information content (AvgIpc) is 2.41. The second-order valence-electron chi connectivity index (χ2n) is 4.98. The molecule has 1 saturated heterocycles. The van der Waals surface area contributed by atoms with Gasteiger partial charge in [-0.05, 0) is 13.1 Å². The van der Waals surface area contributed by atoms with Crippen LogP contribution in [0, 0.1) is 5.82 Å². The molecular weight excluding hydrogens is 261 g/mol. The Kier molecular flexibility index (Phi) is 4.44. The molecule has 20 heavy (non-hydrogen) atoms. The molecule has 6 heteroatoms. The molecule has 1 aromatic carbocycles. The minimum Gasteiger partial charge on any atom is -0.494 e. The Morgan fingerprint density at radius 3 is 2.50 bits per heavy atom. The van der Waals surface area contributed by atoms with E-state index in [9.17, 15) is 9.18 Å². The summed E-state index contributed by atoms with van der Waals surface area (Å²) >= 11 is 0. The molecule has 0 atom stereocenters. The fourth-order valence-electron chi connectivity index (χ4n) is 2.29. The lowest BCUT2D eigenvalue weighted by atomic mass is 10.2. The number of methoxy groups -OCH3 is 1. The van der Waals surface area contributed by atoms with Gasteiger partial charge in [0.2, 0.25) is 5.91 Å². The van der Waals surface area contributed by atoms with Crippen LogP contribution in [0.3, 0.4) is 0 Å². The van der Waals surface area contributed by atoms with Gasteiger partial charge in [-0.3, -0.25) is 4.79 Å². The molecular formula is C14H20FN3O2. The Balaban J connectivity index is 2.30. The maximum Gasteiger partial charge on any atom is 0.221 e. The van der Waals surface area contributed by atoms with Gasteiger partial charge in [-0.2, -0.15) is 0 Å². The van der Waals surface area contributed by atoms with Crippen LogP contribution in [0.25, 0.3) is 0 Å². The Labute approximate surface area is 118 Å². The van der Waals surface area contributed by atoms with Crippen LogP contribution in [0.1, 0.15) is 6.92 Å². The molecule has 1 amide bonds. The molecule has 0 spiro atoms. The van der Waals surface area contributed by atoms with Crippen LogP contribution in [0.4, 0.5) is 15.8 Å². The number of carbonyl (C=O) groups is 1. The lowest BCUT2D eigenvalue weighted by Gasteiger charge is -2.34. The molecule has 0 radical (unpaired) electrons. The van der Waals surface area contributed by atoms with E-state index in [2.05, 4.69) is 10.2 Å². The minimum atomic E-state index is -0.333. The van der Waals surface area contributed by atoms with E-state index in [1.54, 1.807) is 6.07 Å². The molecule has 1 aromatic rings. The maximum atomic E-state index is 14.2. The first kappa shape index (κ1) is 14.6. The zero-order chi connectivity index (χ0) is 14.7. The number of benzene rings is 1. The van der Waals surface area contributed by atoms with Crippen LogP contribution in [0.5, 0.6) is 5.75 Å². The van der Waals surface area contributed by atoms with Crippen LogP contribution in [-0.2, 0) is 4.79 Å². The lowest BCUT2D eigenvalue weighted by molar-refractivity contribution is -0.114. The van der Waals surface area contributed by atoms with Crippen LogP contribution < -0.4 is 15.0 Å². The van der Waals surface area contributed by atoms with E-state index in [0.29, 0.717) is 17.1 Å². The van der Waals surface area contributed by atoms with E-state index < -0.39 is 0 Å². The highest BCUT2D eigenvalue weighted by molar-refractivity contribution is 5.91. The molecule has 1 fully saturated rings. The lowest BCUT2D eigenvalue weighted by Crippen LogP contribution is -2.44. The molecule has 2 rings (SSSR count). The molecule has 0 aliphatic carbocycles. The molecule has 0 unspecified atom stereocenters. The molecule has 0 aromatic heterocycles. The first-order valence-corrected chi connectivity index (χ1v) is 6.60. The minimum absolute atomic E-state index is 0.209. The Hall–Kier alpha value is -1.82. The van der Waals surface area contributed by atoms with Crippen molar-refractivity contribution in [2.24, 2.45) is 0 Å². The Morgan fingerprint density at radius 1 is 1.30 bits per heavy atom. The summed E-state index contributed by atoms with van der Waals surface area (Å²) in [7, 11) is 3.50. The number of nitrogens with one attached hydrogen (secondary N) is 1. The van der Waals surface area contributed by atoms with Crippen molar-refractivity contribution in [1.29, 1.82) is 0 Å². The van der Waals surface area contributed by atoms with Crippen molar-refractivity contribution < 1.29 is 13.9 Å². The Morgan fingerprint density at radius 2 is 1.95 bits per heavy atom. The smallest absolute Gasteiger partial charge is 0.221 e. The maximum absolute atomic E-state index is 14.2. The van der Waals surface area contributed by atoms with Gasteiger partial charge in [0.15, 0.2) is 0 Å².